The highest BCUT2D eigenvalue weighted by Crippen LogP contribution is 2.31. The lowest BCUT2D eigenvalue weighted by atomic mass is 10.1. The number of esters is 1. The average Bonchev–Trinajstić information content (AvgIpc) is 3.26. The molecule has 0 saturated heterocycles. The van der Waals surface area contributed by atoms with Crippen molar-refractivity contribution in [3.8, 4) is 0 Å². The number of fused-ring (bicyclic) bond motifs is 1. The second-order valence-electron chi connectivity index (χ2n) is 5.37. The van der Waals surface area contributed by atoms with Crippen LogP contribution in [0.15, 0.2) is 22.6 Å². The van der Waals surface area contributed by atoms with E-state index >= 15 is 0 Å². The zero-order chi connectivity index (χ0) is 15.9. The topological polar surface area (TPSA) is 75.5 Å². The number of methoxy groups -OCH3 is 1. The molecule has 0 radical (unpaired) electrons. The maximum atomic E-state index is 12.8. The molecule has 22 heavy (non-hydrogen) atoms. The van der Waals surface area contributed by atoms with Gasteiger partial charge >= 0.3 is 5.97 Å². The van der Waals surface area contributed by atoms with Crippen molar-refractivity contribution >= 4 is 35.2 Å². The minimum Gasteiger partial charge on any atom is -0.467 e. The second-order valence-corrected chi connectivity index (χ2v) is 5.74. The Morgan fingerprint density at radius 2 is 2.18 bits per heavy atom. The lowest BCUT2D eigenvalue weighted by Crippen LogP contribution is -2.45. The summed E-state index contributed by atoms with van der Waals surface area (Å²) in [6, 6.07) is 4.57. The van der Waals surface area contributed by atoms with Gasteiger partial charge in [-0.1, -0.05) is 0 Å². The molecule has 3 rings (SSSR count). The van der Waals surface area contributed by atoms with Crippen molar-refractivity contribution < 1.29 is 18.7 Å². The van der Waals surface area contributed by atoms with E-state index in [2.05, 4.69) is 4.98 Å². The lowest BCUT2D eigenvalue weighted by Gasteiger charge is -2.27. The number of nitrogens with one attached hydrogen (secondary N) is 1. The number of carbonyl (C=O) groups excluding carboxylic acids is 2. The van der Waals surface area contributed by atoms with Gasteiger partial charge in [-0.2, -0.15) is 0 Å². The molecule has 0 aliphatic heterocycles. The molecule has 1 aromatic heterocycles. The summed E-state index contributed by atoms with van der Waals surface area (Å²) in [6.45, 7) is 1.68. The van der Waals surface area contributed by atoms with Gasteiger partial charge in [-0.3, -0.25) is 4.79 Å². The Kier molecular flexibility index (Phi) is 3.74. The maximum Gasteiger partial charge on any atom is 0.328 e. The van der Waals surface area contributed by atoms with Crippen molar-refractivity contribution in [1.29, 1.82) is 0 Å². The summed E-state index contributed by atoms with van der Waals surface area (Å²) >= 11 is 4.94. The molecule has 1 aromatic carbocycles. The number of carbonyl (C=O) groups is 2. The summed E-state index contributed by atoms with van der Waals surface area (Å²) in [5.74, 6) is -0.620. The van der Waals surface area contributed by atoms with E-state index in [4.69, 9.17) is 21.4 Å². The van der Waals surface area contributed by atoms with Crippen molar-refractivity contribution in [2.24, 2.45) is 0 Å². The van der Waals surface area contributed by atoms with Gasteiger partial charge in [0.05, 0.1) is 12.6 Å². The van der Waals surface area contributed by atoms with Crippen LogP contribution in [0.4, 0.5) is 0 Å². The van der Waals surface area contributed by atoms with Gasteiger partial charge in [0.2, 0.25) is 0 Å². The summed E-state index contributed by atoms with van der Waals surface area (Å²) in [5.41, 5.74) is 1.73. The number of ether oxygens (including phenoxy) is 1. The van der Waals surface area contributed by atoms with E-state index in [9.17, 15) is 9.59 Å². The molecule has 1 fully saturated rings. The Morgan fingerprint density at radius 1 is 1.45 bits per heavy atom. The van der Waals surface area contributed by atoms with Crippen molar-refractivity contribution in [3.05, 3.63) is 28.6 Å². The Morgan fingerprint density at radius 3 is 2.82 bits per heavy atom. The van der Waals surface area contributed by atoms with Crippen molar-refractivity contribution in [2.45, 2.75) is 31.8 Å². The molecule has 0 unspecified atom stereocenters. The van der Waals surface area contributed by atoms with E-state index in [0.717, 1.165) is 18.4 Å². The molecule has 1 saturated carbocycles. The molecule has 116 valence electrons. The quantitative estimate of drug-likeness (QED) is 0.692. The van der Waals surface area contributed by atoms with Crippen LogP contribution in [0.5, 0.6) is 0 Å². The normalized spacial score (nSPS) is 15.5. The summed E-state index contributed by atoms with van der Waals surface area (Å²) in [4.78, 5) is 29.3. The molecular weight excluding hydrogens is 304 g/mol. The third-order valence-corrected chi connectivity index (χ3v) is 3.99. The van der Waals surface area contributed by atoms with Crippen molar-refractivity contribution in [1.82, 2.24) is 9.88 Å². The smallest absolute Gasteiger partial charge is 0.328 e. The number of hydrogen-bond acceptors (Lipinski definition) is 5. The predicted octanol–water partition coefficient (Wildman–Crippen LogP) is 2.66. The fourth-order valence-corrected chi connectivity index (χ4v) is 2.72. The molecule has 1 N–H and O–H groups in total. The third-order valence-electron chi connectivity index (χ3n) is 3.80. The molecule has 0 spiro atoms. The summed E-state index contributed by atoms with van der Waals surface area (Å²) in [7, 11) is 1.32. The van der Waals surface area contributed by atoms with Gasteiger partial charge in [0.25, 0.3) is 10.7 Å². The lowest BCUT2D eigenvalue weighted by molar-refractivity contribution is -0.145. The largest absolute Gasteiger partial charge is 0.467 e. The SMILES string of the molecule is COC(=O)[C@@H](C)N(C(=O)c1ccc2[nH]c(=S)oc2c1)C1CC1. The van der Waals surface area contributed by atoms with Gasteiger partial charge in [0.15, 0.2) is 5.58 Å². The molecule has 6 nitrogen and oxygen atoms in total. The highest BCUT2D eigenvalue weighted by molar-refractivity contribution is 7.71. The molecule has 0 bridgehead atoms. The average molecular weight is 320 g/mol. The van der Waals surface area contributed by atoms with Crippen LogP contribution in [0.3, 0.4) is 0 Å². The van der Waals surface area contributed by atoms with Gasteiger partial charge in [-0.25, -0.2) is 4.79 Å². The van der Waals surface area contributed by atoms with Crippen LogP contribution in [0, 0.1) is 4.84 Å². The van der Waals surface area contributed by atoms with E-state index in [1.165, 1.54) is 7.11 Å². The first kappa shape index (κ1) is 14.8. The van der Waals surface area contributed by atoms with Crippen LogP contribution in [-0.4, -0.2) is 41.0 Å². The molecular formula is C15H16N2O4S. The van der Waals surface area contributed by atoms with E-state index < -0.39 is 12.0 Å². The Labute approximate surface area is 132 Å². The number of benzene rings is 1. The summed E-state index contributed by atoms with van der Waals surface area (Å²) in [6.07, 6.45) is 1.81. The first-order valence-electron chi connectivity index (χ1n) is 7.04. The zero-order valence-electron chi connectivity index (χ0n) is 12.3. The van der Waals surface area contributed by atoms with Crippen LogP contribution >= 0.6 is 12.2 Å². The minimum atomic E-state index is -0.613. The van der Waals surface area contributed by atoms with E-state index in [1.807, 2.05) is 0 Å². The van der Waals surface area contributed by atoms with Gasteiger partial charge in [0, 0.05) is 11.6 Å². The Balaban J connectivity index is 1.94. The van der Waals surface area contributed by atoms with Gasteiger partial charge in [0.1, 0.15) is 6.04 Å². The van der Waals surface area contributed by atoms with Crippen LogP contribution < -0.4 is 0 Å². The molecule has 2 aromatic rings. The van der Waals surface area contributed by atoms with E-state index in [1.54, 1.807) is 30.0 Å². The van der Waals surface area contributed by atoms with E-state index in [0.29, 0.717) is 11.1 Å². The van der Waals surface area contributed by atoms with Crippen LogP contribution in [0.25, 0.3) is 11.1 Å². The van der Waals surface area contributed by atoms with Gasteiger partial charge in [-0.05, 0) is 50.2 Å². The standard InChI is InChI=1S/C15H16N2O4S/c1-8(14(19)20-2)17(10-4-5-10)13(18)9-3-6-11-12(7-9)21-15(22)16-11/h3,6-8,10H,4-5H2,1-2H3,(H,16,22)/t8-/m1/s1. The number of aromatic amines is 1. The second kappa shape index (κ2) is 5.57. The minimum absolute atomic E-state index is 0.0926. The summed E-state index contributed by atoms with van der Waals surface area (Å²) < 4.78 is 10.1. The van der Waals surface area contributed by atoms with Crippen LogP contribution in [0.2, 0.25) is 0 Å². The number of nitrogens with zero attached hydrogens (tertiary/aromatic N) is 1. The van der Waals surface area contributed by atoms with Crippen LogP contribution in [-0.2, 0) is 9.53 Å². The maximum absolute atomic E-state index is 12.8. The van der Waals surface area contributed by atoms with Crippen molar-refractivity contribution in [2.75, 3.05) is 7.11 Å². The Hall–Kier alpha value is -2.15. The molecule has 1 amide bonds. The highest BCUT2D eigenvalue weighted by Gasteiger charge is 2.39. The molecule has 7 heteroatoms. The first-order chi connectivity index (χ1) is 10.5. The third kappa shape index (κ3) is 2.64. The fourth-order valence-electron chi connectivity index (χ4n) is 2.52. The zero-order valence-corrected chi connectivity index (χ0v) is 13.1. The first-order valence-corrected chi connectivity index (χ1v) is 7.45. The number of oxazole rings is 1. The fraction of sp³-hybridized carbons (Fsp3) is 0.400. The number of aromatic nitrogens is 1. The number of H-pyrrole nitrogens is 1. The predicted molar refractivity (Wildman–Crippen MR) is 82.1 cm³/mol. The van der Waals surface area contributed by atoms with Crippen molar-refractivity contribution in [3.63, 3.8) is 0 Å². The highest BCUT2D eigenvalue weighted by atomic mass is 32.1. The van der Waals surface area contributed by atoms with Crippen LogP contribution in [0.1, 0.15) is 30.1 Å². The monoisotopic (exact) mass is 320 g/mol. The molecule has 1 aliphatic rings. The van der Waals surface area contributed by atoms with Gasteiger partial charge < -0.3 is 19.0 Å². The molecule has 1 heterocycles. The molecule has 1 aliphatic carbocycles. The number of hydrogen-bond donors (Lipinski definition) is 1. The van der Waals surface area contributed by atoms with E-state index in [-0.39, 0.29) is 16.8 Å². The number of rotatable bonds is 4. The Bertz CT molecular complexity index is 790. The summed E-state index contributed by atoms with van der Waals surface area (Å²) in [5, 5.41) is 0. The van der Waals surface area contributed by atoms with Gasteiger partial charge in [-0.15, -0.1) is 0 Å². The number of amides is 1. The molecule has 1 atom stereocenters.